The van der Waals surface area contributed by atoms with Crippen molar-refractivity contribution in [2.24, 2.45) is 7.05 Å². The van der Waals surface area contributed by atoms with Crippen molar-refractivity contribution in [1.82, 2.24) is 14.1 Å². The van der Waals surface area contributed by atoms with Gasteiger partial charge in [0.25, 0.3) is 0 Å². The summed E-state index contributed by atoms with van der Waals surface area (Å²) in [4.78, 5) is 13.1. The van der Waals surface area contributed by atoms with E-state index in [0.717, 1.165) is 0 Å². The second-order valence-corrected chi connectivity index (χ2v) is 8.57. The summed E-state index contributed by atoms with van der Waals surface area (Å²) in [5, 5.41) is 16.2. The van der Waals surface area contributed by atoms with Crippen LogP contribution in [0.5, 0.6) is 0 Å². The predicted octanol–water partition coefficient (Wildman–Crippen LogP) is 2.05. The number of anilines is 1. The number of nitro groups is 1. The highest BCUT2D eigenvalue weighted by Gasteiger charge is 2.34. The van der Waals surface area contributed by atoms with Gasteiger partial charge in [-0.15, -0.1) is 0 Å². The molecule has 0 bridgehead atoms. The Morgan fingerprint density at radius 3 is 2.30 bits per heavy atom. The van der Waals surface area contributed by atoms with Crippen molar-refractivity contribution in [3.8, 4) is 0 Å². The van der Waals surface area contributed by atoms with Crippen LogP contribution in [-0.4, -0.2) is 53.6 Å². The minimum absolute atomic E-state index is 0.00555. The number of sulfonamides is 1. The fourth-order valence-electron chi connectivity index (χ4n) is 3.23. The Morgan fingerprint density at radius 1 is 1.19 bits per heavy atom. The lowest BCUT2D eigenvalue weighted by atomic mass is 10.2. The zero-order chi connectivity index (χ0) is 19.8. The summed E-state index contributed by atoms with van der Waals surface area (Å²) in [6, 6.07) is 6.03. The largest absolute Gasteiger partial charge is 0.348 e. The molecule has 1 aromatic heterocycles. The molecule has 9 nitrogen and oxygen atoms in total. The Hall–Kier alpha value is -2.17. The van der Waals surface area contributed by atoms with Crippen LogP contribution in [0.25, 0.3) is 0 Å². The molecule has 0 saturated carbocycles. The molecule has 146 valence electrons. The maximum Gasteiger partial charge on any atom is 0.334 e. The molecule has 0 unspecified atom stereocenters. The van der Waals surface area contributed by atoms with Crippen LogP contribution in [0.4, 0.5) is 11.5 Å². The van der Waals surface area contributed by atoms with Crippen molar-refractivity contribution in [1.29, 1.82) is 0 Å². The number of halogens is 1. The van der Waals surface area contributed by atoms with E-state index in [1.807, 2.05) is 11.8 Å². The molecule has 0 atom stereocenters. The van der Waals surface area contributed by atoms with Gasteiger partial charge >= 0.3 is 5.69 Å². The molecule has 0 amide bonds. The number of hydrogen-bond donors (Lipinski definition) is 0. The Labute approximate surface area is 162 Å². The van der Waals surface area contributed by atoms with E-state index >= 15 is 0 Å². The van der Waals surface area contributed by atoms with Crippen LogP contribution < -0.4 is 4.90 Å². The van der Waals surface area contributed by atoms with Crippen LogP contribution >= 0.6 is 11.6 Å². The van der Waals surface area contributed by atoms with Crippen molar-refractivity contribution in [2.75, 3.05) is 31.1 Å². The van der Waals surface area contributed by atoms with Gasteiger partial charge in [-0.1, -0.05) is 18.5 Å². The lowest BCUT2D eigenvalue weighted by molar-refractivity contribution is -0.384. The lowest BCUT2D eigenvalue weighted by Crippen LogP contribution is -2.49. The normalized spacial score (nSPS) is 15.9. The highest BCUT2D eigenvalue weighted by atomic mass is 35.5. The van der Waals surface area contributed by atoms with Crippen molar-refractivity contribution in [3.63, 3.8) is 0 Å². The molecule has 2 aromatic rings. The topological polar surface area (TPSA) is 102 Å². The summed E-state index contributed by atoms with van der Waals surface area (Å²) in [7, 11) is -1.96. The maximum atomic E-state index is 12.8. The van der Waals surface area contributed by atoms with Crippen molar-refractivity contribution in [3.05, 3.63) is 45.1 Å². The van der Waals surface area contributed by atoms with Crippen molar-refractivity contribution in [2.45, 2.75) is 18.2 Å². The highest BCUT2D eigenvalue weighted by Crippen LogP contribution is 2.33. The molecular weight excluding hydrogens is 394 g/mol. The zero-order valence-electron chi connectivity index (χ0n) is 15.0. The minimum atomic E-state index is -3.63. The van der Waals surface area contributed by atoms with Crippen LogP contribution in [0, 0.1) is 10.1 Å². The Kier molecular flexibility index (Phi) is 5.41. The van der Waals surface area contributed by atoms with E-state index in [1.165, 1.54) is 33.3 Å². The Balaban J connectivity index is 1.81. The van der Waals surface area contributed by atoms with E-state index in [0.29, 0.717) is 36.0 Å². The molecule has 3 rings (SSSR count). The first-order valence-corrected chi connectivity index (χ1v) is 10.3. The molecule has 1 fully saturated rings. The molecule has 11 heteroatoms. The second-order valence-electron chi connectivity index (χ2n) is 6.20. The van der Waals surface area contributed by atoms with E-state index in [4.69, 9.17) is 11.6 Å². The van der Waals surface area contributed by atoms with Gasteiger partial charge in [0, 0.05) is 38.2 Å². The number of benzene rings is 1. The first kappa shape index (κ1) is 19.6. The van der Waals surface area contributed by atoms with Gasteiger partial charge in [-0.05, 0) is 30.7 Å². The first-order valence-electron chi connectivity index (χ1n) is 8.46. The van der Waals surface area contributed by atoms with Crippen LogP contribution in [0.15, 0.2) is 29.2 Å². The lowest BCUT2D eigenvalue weighted by Gasteiger charge is -2.34. The quantitative estimate of drug-likeness (QED) is 0.549. The maximum absolute atomic E-state index is 12.8. The average molecular weight is 414 g/mol. The summed E-state index contributed by atoms with van der Waals surface area (Å²) < 4.78 is 28.4. The van der Waals surface area contributed by atoms with Gasteiger partial charge in [0.1, 0.15) is 5.69 Å². The monoisotopic (exact) mass is 413 g/mol. The summed E-state index contributed by atoms with van der Waals surface area (Å²) in [6.45, 7) is 2.96. The fourth-order valence-corrected chi connectivity index (χ4v) is 4.78. The molecule has 1 saturated heterocycles. The highest BCUT2D eigenvalue weighted by molar-refractivity contribution is 7.89. The van der Waals surface area contributed by atoms with Gasteiger partial charge in [-0.3, -0.25) is 10.1 Å². The third-order valence-corrected chi connectivity index (χ3v) is 6.73. The van der Waals surface area contributed by atoms with Crippen LogP contribution in [0.2, 0.25) is 5.02 Å². The van der Waals surface area contributed by atoms with Crippen LogP contribution in [0.3, 0.4) is 0 Å². The van der Waals surface area contributed by atoms with E-state index in [9.17, 15) is 18.5 Å². The van der Waals surface area contributed by atoms with Gasteiger partial charge in [0.2, 0.25) is 15.8 Å². The first-order chi connectivity index (χ1) is 12.8. The van der Waals surface area contributed by atoms with Gasteiger partial charge in [-0.25, -0.2) is 13.1 Å². The summed E-state index contributed by atoms with van der Waals surface area (Å²) in [5.74, 6) is 0.417. The van der Waals surface area contributed by atoms with Crippen LogP contribution in [0.1, 0.15) is 12.6 Å². The number of rotatable bonds is 5. The molecule has 1 aliphatic heterocycles. The van der Waals surface area contributed by atoms with E-state index < -0.39 is 14.9 Å². The molecule has 2 heterocycles. The Morgan fingerprint density at radius 2 is 1.78 bits per heavy atom. The average Bonchev–Trinajstić information content (AvgIpc) is 2.99. The predicted molar refractivity (Wildman–Crippen MR) is 102 cm³/mol. The molecule has 1 aromatic carbocycles. The fraction of sp³-hybridized carbons (Fsp3) is 0.438. The number of aromatic nitrogens is 2. The third-order valence-electron chi connectivity index (χ3n) is 4.57. The second kappa shape index (κ2) is 7.45. The van der Waals surface area contributed by atoms with Gasteiger partial charge < -0.3 is 4.90 Å². The molecule has 0 radical (unpaired) electrons. The zero-order valence-corrected chi connectivity index (χ0v) is 16.6. The molecular formula is C16H20ClN5O4S. The summed E-state index contributed by atoms with van der Waals surface area (Å²) >= 11 is 5.83. The Bertz CT molecular complexity index is 950. The van der Waals surface area contributed by atoms with E-state index in [1.54, 1.807) is 7.05 Å². The van der Waals surface area contributed by atoms with Gasteiger partial charge in [0.15, 0.2) is 0 Å². The molecule has 0 spiro atoms. The van der Waals surface area contributed by atoms with Crippen molar-refractivity contribution < 1.29 is 13.3 Å². The SMILES string of the molecule is CCc1nn(C)c(N2CCN(S(=O)(=O)c3ccc(Cl)cc3)CC2)c1[N+](=O)[O-]. The molecule has 0 aliphatic carbocycles. The number of nitrogens with zero attached hydrogens (tertiary/aromatic N) is 5. The number of aryl methyl sites for hydroxylation is 2. The van der Waals surface area contributed by atoms with Crippen molar-refractivity contribution >= 4 is 33.1 Å². The minimum Gasteiger partial charge on any atom is -0.348 e. The summed E-state index contributed by atoms with van der Waals surface area (Å²) in [6.07, 6.45) is 0.453. The van der Waals surface area contributed by atoms with Gasteiger partial charge in [-0.2, -0.15) is 9.40 Å². The van der Waals surface area contributed by atoms with E-state index in [-0.39, 0.29) is 23.7 Å². The standard InChI is InChI=1S/C16H20ClN5O4S/c1-3-14-15(22(23)24)16(19(2)18-14)20-8-10-21(11-9-20)27(25,26)13-6-4-12(17)5-7-13/h4-7H,3,8-11H2,1-2H3. The van der Waals surface area contributed by atoms with Gasteiger partial charge in [0.05, 0.1) is 9.82 Å². The molecule has 1 aliphatic rings. The molecule has 27 heavy (non-hydrogen) atoms. The molecule has 0 N–H and O–H groups in total. The summed E-state index contributed by atoms with van der Waals surface area (Å²) in [5.41, 5.74) is 0.419. The van der Waals surface area contributed by atoms with Crippen LogP contribution in [-0.2, 0) is 23.5 Å². The smallest absolute Gasteiger partial charge is 0.334 e. The van der Waals surface area contributed by atoms with E-state index in [2.05, 4.69) is 5.10 Å². The number of piperazine rings is 1. The third kappa shape index (κ3) is 3.64. The number of hydrogen-bond acceptors (Lipinski definition) is 6.